The van der Waals surface area contributed by atoms with E-state index in [1.165, 1.54) is 14.6 Å². The molecular weight excluding hydrogens is 306 g/mol. The zero-order valence-electron chi connectivity index (χ0n) is 11.9. The van der Waals surface area contributed by atoms with Crippen LogP contribution >= 0.6 is 34.7 Å². The molecule has 0 fully saturated rings. The van der Waals surface area contributed by atoms with Crippen molar-refractivity contribution in [3.8, 4) is 0 Å². The molecule has 108 valence electrons. The monoisotopic (exact) mass is 325 g/mol. The number of rotatable bonds is 7. The number of thioether (sulfide) groups is 1. The molecule has 0 amide bonds. The van der Waals surface area contributed by atoms with Gasteiger partial charge in [0.25, 0.3) is 0 Å². The lowest BCUT2D eigenvalue weighted by Crippen LogP contribution is -2.29. The summed E-state index contributed by atoms with van der Waals surface area (Å²) in [6, 6.07) is 13.1. The molecule has 0 saturated heterocycles. The van der Waals surface area contributed by atoms with E-state index in [0.29, 0.717) is 6.04 Å². The molecule has 0 bridgehead atoms. The van der Waals surface area contributed by atoms with Gasteiger partial charge in [0.2, 0.25) is 0 Å². The average Bonchev–Trinajstić information content (AvgIpc) is 2.91. The lowest BCUT2D eigenvalue weighted by Gasteiger charge is -2.15. The Morgan fingerprint density at radius 1 is 1.25 bits per heavy atom. The summed E-state index contributed by atoms with van der Waals surface area (Å²) in [4.78, 5) is 4.17. The molecule has 4 heteroatoms. The van der Waals surface area contributed by atoms with E-state index in [1.807, 2.05) is 48.3 Å². The number of likely N-dealkylation sites (N-methyl/N-ethyl adjacent to an activating group) is 1. The molecule has 1 heterocycles. The van der Waals surface area contributed by atoms with Crippen LogP contribution in [0.1, 0.15) is 16.7 Å². The first kappa shape index (κ1) is 15.9. The van der Waals surface area contributed by atoms with Crippen LogP contribution in [-0.4, -0.2) is 18.8 Å². The molecule has 20 heavy (non-hydrogen) atoms. The highest BCUT2D eigenvalue weighted by Gasteiger charge is 2.10. The van der Waals surface area contributed by atoms with Gasteiger partial charge in [0.15, 0.2) is 0 Å². The molecule has 2 rings (SSSR count). The van der Waals surface area contributed by atoms with Gasteiger partial charge in [0, 0.05) is 31.5 Å². The first-order valence-corrected chi connectivity index (χ1v) is 9.02. The van der Waals surface area contributed by atoms with Crippen molar-refractivity contribution in [1.82, 2.24) is 5.32 Å². The van der Waals surface area contributed by atoms with E-state index in [9.17, 15) is 0 Å². The number of halogens is 1. The minimum atomic E-state index is 0.488. The quantitative estimate of drug-likeness (QED) is 0.728. The van der Waals surface area contributed by atoms with Crippen LogP contribution in [0.4, 0.5) is 0 Å². The van der Waals surface area contributed by atoms with Crippen molar-refractivity contribution >= 4 is 34.7 Å². The number of benzene rings is 1. The summed E-state index contributed by atoms with van der Waals surface area (Å²) in [5, 5.41) is 4.22. The lowest BCUT2D eigenvalue weighted by atomic mass is 10.2. The van der Waals surface area contributed by atoms with Crippen molar-refractivity contribution in [2.45, 2.75) is 30.7 Å². The average molecular weight is 326 g/mol. The van der Waals surface area contributed by atoms with E-state index in [0.717, 1.165) is 23.6 Å². The van der Waals surface area contributed by atoms with Gasteiger partial charge in [-0.15, -0.1) is 23.1 Å². The Bertz CT molecular complexity index is 539. The summed E-state index contributed by atoms with van der Waals surface area (Å²) in [5.41, 5.74) is 0. The van der Waals surface area contributed by atoms with Gasteiger partial charge < -0.3 is 5.32 Å². The topological polar surface area (TPSA) is 12.0 Å². The van der Waals surface area contributed by atoms with Gasteiger partial charge in [-0.1, -0.05) is 24.6 Å². The second kappa shape index (κ2) is 8.08. The Balaban J connectivity index is 1.89. The second-order valence-electron chi connectivity index (χ2n) is 4.68. The van der Waals surface area contributed by atoms with E-state index in [2.05, 4.69) is 30.4 Å². The molecule has 0 radical (unpaired) electrons. The number of nitrogens with one attached hydrogen (secondary N) is 1. The highest BCUT2D eigenvalue weighted by Crippen LogP contribution is 2.24. The summed E-state index contributed by atoms with van der Waals surface area (Å²) >= 11 is 9.80. The SMILES string of the molecule is CCc1ccc(CC(CSc2cccc(Cl)c2)NC)s1. The minimum absolute atomic E-state index is 0.488. The smallest absolute Gasteiger partial charge is 0.0417 e. The minimum Gasteiger partial charge on any atom is -0.316 e. The summed E-state index contributed by atoms with van der Waals surface area (Å²) in [5.74, 6) is 1.05. The van der Waals surface area contributed by atoms with Crippen LogP contribution in [0.2, 0.25) is 5.02 Å². The Morgan fingerprint density at radius 2 is 2.05 bits per heavy atom. The second-order valence-corrected chi connectivity index (χ2v) is 7.46. The van der Waals surface area contributed by atoms with Crippen molar-refractivity contribution in [2.75, 3.05) is 12.8 Å². The summed E-state index contributed by atoms with van der Waals surface area (Å²) in [7, 11) is 2.04. The molecule has 0 saturated carbocycles. The predicted molar refractivity (Wildman–Crippen MR) is 92.4 cm³/mol. The molecule has 0 aliphatic carbocycles. The van der Waals surface area contributed by atoms with Gasteiger partial charge in [-0.3, -0.25) is 0 Å². The summed E-state index contributed by atoms with van der Waals surface area (Å²) in [6.45, 7) is 2.21. The van der Waals surface area contributed by atoms with E-state index in [1.54, 1.807) is 0 Å². The van der Waals surface area contributed by atoms with Gasteiger partial charge in [0.05, 0.1) is 0 Å². The van der Waals surface area contributed by atoms with Crippen molar-refractivity contribution in [1.29, 1.82) is 0 Å². The molecule has 2 aromatic rings. The Morgan fingerprint density at radius 3 is 2.70 bits per heavy atom. The maximum Gasteiger partial charge on any atom is 0.0417 e. The molecule has 1 nitrogen and oxygen atoms in total. The third kappa shape index (κ3) is 4.81. The van der Waals surface area contributed by atoms with Crippen molar-refractivity contribution in [3.05, 3.63) is 51.2 Å². The lowest BCUT2D eigenvalue weighted by molar-refractivity contribution is 0.622. The molecule has 1 atom stereocenters. The van der Waals surface area contributed by atoms with Gasteiger partial charge in [0.1, 0.15) is 0 Å². The van der Waals surface area contributed by atoms with Gasteiger partial charge in [-0.25, -0.2) is 0 Å². The molecule has 1 aromatic carbocycles. The highest BCUT2D eigenvalue weighted by atomic mass is 35.5. The predicted octanol–water partition coefficient (Wildman–Crippen LogP) is 4.89. The number of thiophene rings is 1. The fourth-order valence-corrected chi connectivity index (χ4v) is 4.32. The Hall–Kier alpha value is -0.480. The molecule has 1 N–H and O–H groups in total. The number of hydrogen-bond donors (Lipinski definition) is 1. The third-order valence-electron chi connectivity index (χ3n) is 3.17. The van der Waals surface area contributed by atoms with Crippen LogP contribution in [0.15, 0.2) is 41.3 Å². The number of hydrogen-bond acceptors (Lipinski definition) is 3. The van der Waals surface area contributed by atoms with Gasteiger partial charge in [-0.2, -0.15) is 0 Å². The fraction of sp³-hybridized carbons (Fsp3) is 0.375. The number of aryl methyl sites for hydroxylation is 1. The normalized spacial score (nSPS) is 12.6. The van der Waals surface area contributed by atoms with E-state index in [4.69, 9.17) is 11.6 Å². The first-order chi connectivity index (χ1) is 9.71. The summed E-state index contributed by atoms with van der Waals surface area (Å²) < 4.78 is 0. The molecule has 1 unspecified atom stereocenters. The van der Waals surface area contributed by atoms with Crippen LogP contribution in [0.25, 0.3) is 0 Å². The Labute approximate surface area is 134 Å². The van der Waals surface area contributed by atoms with Crippen molar-refractivity contribution in [3.63, 3.8) is 0 Å². The van der Waals surface area contributed by atoms with Crippen LogP contribution in [-0.2, 0) is 12.8 Å². The zero-order valence-corrected chi connectivity index (χ0v) is 14.2. The maximum atomic E-state index is 6.02. The van der Waals surface area contributed by atoms with Crippen LogP contribution in [0, 0.1) is 0 Å². The van der Waals surface area contributed by atoms with E-state index >= 15 is 0 Å². The van der Waals surface area contributed by atoms with Gasteiger partial charge >= 0.3 is 0 Å². The molecule has 1 aromatic heterocycles. The van der Waals surface area contributed by atoms with Crippen LogP contribution in [0.5, 0.6) is 0 Å². The standard InChI is InChI=1S/C16H20ClNS2/c1-3-14-7-8-16(20-14)10-13(18-2)11-19-15-6-4-5-12(17)9-15/h4-9,13,18H,3,10-11H2,1-2H3. The first-order valence-electron chi connectivity index (χ1n) is 6.84. The molecule has 0 aliphatic rings. The zero-order chi connectivity index (χ0) is 14.4. The Kier molecular flexibility index (Phi) is 6.43. The van der Waals surface area contributed by atoms with Gasteiger partial charge in [-0.05, 0) is 50.2 Å². The van der Waals surface area contributed by atoms with E-state index in [-0.39, 0.29) is 0 Å². The van der Waals surface area contributed by atoms with Crippen LogP contribution < -0.4 is 5.32 Å². The van der Waals surface area contributed by atoms with Crippen molar-refractivity contribution in [2.24, 2.45) is 0 Å². The molecular formula is C16H20ClNS2. The molecule has 0 spiro atoms. The highest BCUT2D eigenvalue weighted by molar-refractivity contribution is 7.99. The molecule has 0 aliphatic heterocycles. The van der Waals surface area contributed by atoms with E-state index < -0.39 is 0 Å². The van der Waals surface area contributed by atoms with Crippen molar-refractivity contribution < 1.29 is 0 Å². The fourth-order valence-electron chi connectivity index (χ4n) is 1.96. The summed E-state index contributed by atoms with van der Waals surface area (Å²) in [6.07, 6.45) is 2.22. The third-order valence-corrected chi connectivity index (χ3v) is 5.81. The van der Waals surface area contributed by atoms with Crippen LogP contribution in [0.3, 0.4) is 0 Å². The largest absolute Gasteiger partial charge is 0.316 e. The maximum absolute atomic E-state index is 6.02.